The molecule has 4 rings (SSSR count). The molecule has 2 aromatic heterocycles. The third kappa shape index (κ3) is 3.35. The third-order valence-electron chi connectivity index (χ3n) is 4.21. The number of aromatic nitrogens is 2. The second-order valence-corrected chi connectivity index (χ2v) is 7.93. The number of para-hydroxylation sites is 1. The van der Waals surface area contributed by atoms with E-state index < -0.39 is 10.0 Å². The van der Waals surface area contributed by atoms with E-state index in [0.29, 0.717) is 36.5 Å². The first kappa shape index (κ1) is 16.0. The van der Waals surface area contributed by atoms with Crippen molar-refractivity contribution in [3.63, 3.8) is 0 Å². The zero-order valence-corrected chi connectivity index (χ0v) is 14.2. The zero-order chi connectivity index (χ0) is 17.3. The fourth-order valence-electron chi connectivity index (χ4n) is 2.96. The summed E-state index contributed by atoms with van der Waals surface area (Å²) in [5, 5.41) is 4.65. The summed E-state index contributed by atoms with van der Waals surface area (Å²) in [6.07, 6.45) is 3.76. The van der Waals surface area contributed by atoms with Crippen LogP contribution in [0.2, 0.25) is 0 Å². The summed E-state index contributed by atoms with van der Waals surface area (Å²) in [4.78, 5) is 4.00. The van der Waals surface area contributed by atoms with Crippen LogP contribution >= 0.6 is 0 Å². The second-order valence-electron chi connectivity index (χ2n) is 5.96. The number of hydrogen-bond donors (Lipinski definition) is 0. The predicted octanol–water partition coefficient (Wildman–Crippen LogP) is 2.21. The molecule has 1 aliphatic rings. The first-order chi connectivity index (χ1) is 12.1. The van der Waals surface area contributed by atoms with Crippen LogP contribution in [0.25, 0.3) is 11.0 Å². The molecular weight excluding hydrogens is 342 g/mol. The topological polar surface area (TPSA) is 85.5 Å². The van der Waals surface area contributed by atoms with Crippen molar-refractivity contribution >= 4 is 21.0 Å². The summed E-state index contributed by atoms with van der Waals surface area (Å²) < 4.78 is 37.9. The Morgan fingerprint density at radius 3 is 2.96 bits per heavy atom. The Kier molecular flexibility index (Phi) is 4.14. The van der Waals surface area contributed by atoms with Crippen LogP contribution < -0.4 is 4.74 Å². The lowest BCUT2D eigenvalue weighted by molar-refractivity contribution is 0.214. The van der Waals surface area contributed by atoms with Gasteiger partial charge in [0, 0.05) is 18.1 Å². The van der Waals surface area contributed by atoms with Crippen LogP contribution in [0.4, 0.5) is 0 Å². The van der Waals surface area contributed by atoms with Crippen LogP contribution in [-0.4, -0.2) is 42.1 Å². The first-order valence-corrected chi connectivity index (χ1v) is 9.60. The van der Waals surface area contributed by atoms with Crippen LogP contribution in [0.15, 0.2) is 53.3 Å². The molecule has 0 radical (unpaired) electrons. The zero-order valence-electron chi connectivity index (χ0n) is 13.4. The number of fused-ring (bicyclic) bond motifs is 1. The molecule has 8 heteroatoms. The van der Waals surface area contributed by atoms with Crippen molar-refractivity contribution in [1.82, 2.24) is 14.4 Å². The van der Waals surface area contributed by atoms with Gasteiger partial charge in [-0.05, 0) is 30.7 Å². The highest BCUT2D eigenvalue weighted by molar-refractivity contribution is 7.88. The number of sulfonamides is 1. The molecule has 7 nitrogen and oxygen atoms in total. The SMILES string of the molecule is O=S(=O)(Cc1noc2ccccc12)N1CCC(Oc2cccnc2)C1. The second kappa shape index (κ2) is 6.45. The summed E-state index contributed by atoms with van der Waals surface area (Å²) in [6.45, 7) is 0.760. The van der Waals surface area contributed by atoms with E-state index in [1.807, 2.05) is 24.3 Å². The van der Waals surface area contributed by atoms with Gasteiger partial charge in [0.1, 0.15) is 23.3 Å². The molecule has 0 saturated carbocycles. The first-order valence-electron chi connectivity index (χ1n) is 7.99. The summed E-state index contributed by atoms with van der Waals surface area (Å²) in [7, 11) is -3.48. The minimum Gasteiger partial charge on any atom is -0.487 e. The average Bonchev–Trinajstić information content (AvgIpc) is 3.24. The molecule has 0 amide bonds. The minimum absolute atomic E-state index is 0.173. The van der Waals surface area contributed by atoms with Crippen LogP contribution in [0, 0.1) is 0 Å². The number of pyridine rings is 1. The lowest BCUT2D eigenvalue weighted by Crippen LogP contribution is -2.32. The maximum Gasteiger partial charge on any atom is 0.220 e. The van der Waals surface area contributed by atoms with Gasteiger partial charge in [-0.2, -0.15) is 4.31 Å². The van der Waals surface area contributed by atoms with Gasteiger partial charge in [0.15, 0.2) is 5.58 Å². The van der Waals surface area contributed by atoms with Crippen LogP contribution in [0.1, 0.15) is 12.1 Å². The summed E-state index contributed by atoms with van der Waals surface area (Å²) in [6, 6.07) is 10.8. The van der Waals surface area contributed by atoms with Crippen molar-refractivity contribution in [2.75, 3.05) is 13.1 Å². The number of nitrogens with zero attached hydrogens (tertiary/aromatic N) is 3. The van der Waals surface area contributed by atoms with Crippen molar-refractivity contribution in [2.45, 2.75) is 18.3 Å². The van der Waals surface area contributed by atoms with E-state index in [1.165, 1.54) is 4.31 Å². The lowest BCUT2D eigenvalue weighted by Gasteiger charge is -2.16. The average molecular weight is 359 g/mol. The fraction of sp³-hybridized carbons (Fsp3) is 0.294. The van der Waals surface area contributed by atoms with Gasteiger partial charge in [0.25, 0.3) is 0 Å². The lowest BCUT2D eigenvalue weighted by atomic mass is 10.2. The smallest absolute Gasteiger partial charge is 0.220 e. The largest absolute Gasteiger partial charge is 0.487 e. The molecule has 25 heavy (non-hydrogen) atoms. The normalized spacial score (nSPS) is 18.6. The Morgan fingerprint density at radius 1 is 1.24 bits per heavy atom. The standard InChI is InChI=1S/C17H17N3O4S/c21-25(22,12-16-15-5-1-2-6-17(15)24-19-16)20-9-7-14(11-20)23-13-4-3-8-18-10-13/h1-6,8,10,14H,7,9,11-12H2. The molecule has 0 aliphatic carbocycles. The highest BCUT2D eigenvalue weighted by atomic mass is 32.2. The minimum atomic E-state index is -3.48. The molecule has 0 bridgehead atoms. The molecule has 0 spiro atoms. The van der Waals surface area contributed by atoms with Crippen molar-refractivity contribution in [1.29, 1.82) is 0 Å². The molecule has 1 fully saturated rings. The Labute approximate surface area is 145 Å². The molecule has 1 atom stereocenters. The number of rotatable bonds is 5. The summed E-state index contributed by atoms with van der Waals surface area (Å²) in [5.41, 5.74) is 1.03. The van der Waals surface area contributed by atoms with Gasteiger partial charge in [-0.1, -0.05) is 17.3 Å². The third-order valence-corrected chi connectivity index (χ3v) is 5.97. The molecule has 1 unspecified atom stereocenters. The summed E-state index contributed by atoms with van der Waals surface area (Å²) >= 11 is 0. The van der Waals surface area contributed by atoms with Gasteiger partial charge in [-0.25, -0.2) is 8.42 Å². The van der Waals surface area contributed by atoms with E-state index in [-0.39, 0.29) is 11.9 Å². The fourth-order valence-corrected chi connectivity index (χ4v) is 4.48. The van der Waals surface area contributed by atoms with Crippen LogP contribution in [-0.2, 0) is 15.8 Å². The van der Waals surface area contributed by atoms with E-state index in [1.54, 1.807) is 24.5 Å². The van der Waals surface area contributed by atoms with Crippen molar-refractivity contribution in [2.24, 2.45) is 0 Å². The molecular formula is C17H17N3O4S. The van der Waals surface area contributed by atoms with E-state index in [4.69, 9.17) is 9.26 Å². The van der Waals surface area contributed by atoms with Crippen molar-refractivity contribution in [3.8, 4) is 5.75 Å². The maximum atomic E-state index is 12.7. The number of benzene rings is 1. The quantitative estimate of drug-likeness (QED) is 0.694. The van der Waals surface area contributed by atoms with Gasteiger partial charge in [0.2, 0.25) is 10.0 Å². The molecule has 1 aromatic carbocycles. The Morgan fingerprint density at radius 2 is 2.12 bits per heavy atom. The maximum absolute atomic E-state index is 12.7. The molecule has 1 aliphatic heterocycles. The monoisotopic (exact) mass is 359 g/mol. The number of hydrogen-bond acceptors (Lipinski definition) is 6. The molecule has 3 aromatic rings. The molecule has 130 valence electrons. The van der Waals surface area contributed by atoms with Crippen molar-refractivity contribution in [3.05, 3.63) is 54.5 Å². The van der Waals surface area contributed by atoms with Crippen molar-refractivity contribution < 1.29 is 17.7 Å². The van der Waals surface area contributed by atoms with Gasteiger partial charge >= 0.3 is 0 Å². The van der Waals surface area contributed by atoms with Gasteiger partial charge < -0.3 is 9.26 Å². The molecule has 1 saturated heterocycles. The van der Waals surface area contributed by atoms with E-state index in [2.05, 4.69) is 10.1 Å². The summed E-state index contributed by atoms with van der Waals surface area (Å²) in [5.74, 6) is 0.470. The highest BCUT2D eigenvalue weighted by Crippen LogP contribution is 2.24. The van der Waals surface area contributed by atoms with Gasteiger partial charge in [-0.15, -0.1) is 0 Å². The van der Waals surface area contributed by atoms with E-state index in [0.717, 1.165) is 5.39 Å². The molecule has 3 heterocycles. The van der Waals surface area contributed by atoms with E-state index in [9.17, 15) is 8.42 Å². The Balaban J connectivity index is 1.46. The highest BCUT2D eigenvalue weighted by Gasteiger charge is 2.33. The van der Waals surface area contributed by atoms with Gasteiger partial charge in [0.05, 0.1) is 12.7 Å². The Bertz CT molecular complexity index is 972. The van der Waals surface area contributed by atoms with Crippen LogP contribution in [0.5, 0.6) is 5.75 Å². The predicted molar refractivity (Wildman–Crippen MR) is 91.5 cm³/mol. The molecule has 0 N–H and O–H groups in total. The Hall–Kier alpha value is -2.45. The van der Waals surface area contributed by atoms with E-state index >= 15 is 0 Å². The van der Waals surface area contributed by atoms with Gasteiger partial charge in [-0.3, -0.25) is 4.98 Å². The number of ether oxygens (including phenoxy) is 1. The van der Waals surface area contributed by atoms with Crippen LogP contribution in [0.3, 0.4) is 0 Å².